The molecule has 11 heteroatoms. The zero-order valence-electron chi connectivity index (χ0n) is 20.8. The van der Waals surface area contributed by atoms with Crippen molar-refractivity contribution in [2.75, 3.05) is 6.61 Å². The second-order valence-corrected chi connectivity index (χ2v) is 11.3. The molecule has 2 aliphatic heterocycles. The van der Waals surface area contributed by atoms with E-state index < -0.39 is 16.0 Å². The third kappa shape index (κ3) is 5.36. The standard InChI is InChI=1S/C28H22ClN3O5S2/c1-3-36-24-15-18(14-22(29)25(24)37-39(34,35)20-11-9-17(2)10-12-20)13-21-26(30)32-23(19-7-5-4-6-8-19)16-38-28(32)31-27(21)33/h4-16,30H,3H2,1-2H3/b21-13-,30-26?. The van der Waals surface area contributed by atoms with Gasteiger partial charge in [-0.25, -0.2) is 0 Å². The number of amides is 1. The molecule has 2 heterocycles. The highest BCUT2D eigenvalue weighted by Crippen LogP contribution is 2.41. The van der Waals surface area contributed by atoms with Crippen molar-refractivity contribution in [2.24, 2.45) is 4.99 Å². The Labute approximate surface area is 235 Å². The summed E-state index contributed by atoms with van der Waals surface area (Å²) >= 11 is 7.76. The molecule has 0 radical (unpaired) electrons. The first-order valence-electron chi connectivity index (χ1n) is 11.8. The minimum Gasteiger partial charge on any atom is -0.490 e. The molecular formula is C28H22ClN3O5S2. The lowest BCUT2D eigenvalue weighted by molar-refractivity contribution is -0.114. The number of aryl methyl sites for hydroxylation is 1. The Bertz CT molecular complexity index is 1680. The molecule has 0 aromatic heterocycles. The molecule has 1 N–H and O–H groups in total. The van der Waals surface area contributed by atoms with Gasteiger partial charge >= 0.3 is 10.1 Å². The minimum absolute atomic E-state index is 0.0292. The average Bonchev–Trinajstić information content (AvgIpc) is 3.33. The van der Waals surface area contributed by atoms with Crippen LogP contribution >= 0.6 is 23.4 Å². The second kappa shape index (κ2) is 10.7. The molecule has 0 saturated heterocycles. The zero-order chi connectivity index (χ0) is 27.7. The molecule has 0 atom stereocenters. The molecular weight excluding hydrogens is 558 g/mol. The quantitative estimate of drug-likeness (QED) is 0.265. The van der Waals surface area contributed by atoms with Crippen LogP contribution in [0.5, 0.6) is 11.5 Å². The fourth-order valence-electron chi connectivity index (χ4n) is 3.96. The van der Waals surface area contributed by atoms with E-state index in [4.69, 9.17) is 25.9 Å². The summed E-state index contributed by atoms with van der Waals surface area (Å²) in [5.74, 6) is -0.704. The first kappa shape index (κ1) is 26.7. The molecule has 3 aromatic carbocycles. The molecule has 198 valence electrons. The summed E-state index contributed by atoms with van der Waals surface area (Å²) in [6.45, 7) is 3.78. The van der Waals surface area contributed by atoms with Crippen LogP contribution in [0, 0.1) is 12.3 Å². The number of amidine groups is 2. The number of fused-ring (bicyclic) bond motifs is 1. The van der Waals surface area contributed by atoms with Crippen molar-refractivity contribution in [1.29, 1.82) is 5.41 Å². The molecule has 0 fully saturated rings. The van der Waals surface area contributed by atoms with Gasteiger partial charge in [0.2, 0.25) is 5.75 Å². The fourth-order valence-corrected chi connectivity index (χ4v) is 6.11. The van der Waals surface area contributed by atoms with Gasteiger partial charge < -0.3 is 8.92 Å². The molecule has 5 rings (SSSR count). The summed E-state index contributed by atoms with van der Waals surface area (Å²) in [6, 6.07) is 18.7. The van der Waals surface area contributed by atoms with Crippen LogP contribution in [0.3, 0.4) is 0 Å². The van der Waals surface area contributed by atoms with Gasteiger partial charge in [0.05, 0.1) is 22.9 Å². The van der Waals surface area contributed by atoms with Gasteiger partial charge in [0.25, 0.3) is 5.91 Å². The third-order valence-corrected chi connectivity index (χ3v) is 8.17. The minimum atomic E-state index is -4.19. The lowest BCUT2D eigenvalue weighted by Gasteiger charge is -2.27. The van der Waals surface area contributed by atoms with Crippen LogP contribution in [0.1, 0.15) is 23.6 Å². The number of halogens is 1. The monoisotopic (exact) mass is 579 g/mol. The first-order valence-corrected chi connectivity index (χ1v) is 14.5. The van der Waals surface area contributed by atoms with Crippen LogP contribution < -0.4 is 8.92 Å². The van der Waals surface area contributed by atoms with E-state index >= 15 is 0 Å². The van der Waals surface area contributed by atoms with Crippen LogP contribution in [-0.2, 0) is 14.9 Å². The van der Waals surface area contributed by atoms with Gasteiger partial charge in [-0.3, -0.25) is 15.1 Å². The number of hydrogen-bond acceptors (Lipinski definition) is 7. The normalized spacial score (nSPS) is 16.2. The predicted molar refractivity (Wildman–Crippen MR) is 154 cm³/mol. The van der Waals surface area contributed by atoms with Crippen molar-refractivity contribution in [1.82, 2.24) is 4.90 Å². The van der Waals surface area contributed by atoms with Gasteiger partial charge in [-0.05, 0) is 55.3 Å². The van der Waals surface area contributed by atoms with Crippen LogP contribution in [0.15, 0.2) is 87.6 Å². The Morgan fingerprint density at radius 1 is 1.10 bits per heavy atom. The van der Waals surface area contributed by atoms with Crippen molar-refractivity contribution in [3.63, 3.8) is 0 Å². The van der Waals surface area contributed by atoms with Gasteiger partial charge in [-0.15, -0.1) is 0 Å². The van der Waals surface area contributed by atoms with E-state index in [1.807, 2.05) is 42.7 Å². The van der Waals surface area contributed by atoms with E-state index in [1.54, 1.807) is 24.0 Å². The van der Waals surface area contributed by atoms with Gasteiger partial charge in [0.1, 0.15) is 10.7 Å². The number of benzene rings is 3. The number of nitrogens with one attached hydrogen (secondary N) is 1. The van der Waals surface area contributed by atoms with Crippen molar-refractivity contribution in [3.05, 3.63) is 99.4 Å². The summed E-state index contributed by atoms with van der Waals surface area (Å²) in [4.78, 5) is 18.7. The molecule has 39 heavy (non-hydrogen) atoms. The largest absolute Gasteiger partial charge is 0.490 e. The molecule has 2 aliphatic rings. The smallest absolute Gasteiger partial charge is 0.339 e. The van der Waals surface area contributed by atoms with Crippen LogP contribution in [0.2, 0.25) is 5.02 Å². The number of nitrogens with zero attached hydrogens (tertiary/aromatic N) is 2. The Morgan fingerprint density at radius 2 is 1.82 bits per heavy atom. The summed E-state index contributed by atoms with van der Waals surface area (Å²) in [5, 5.41) is 11.0. The Morgan fingerprint density at radius 3 is 2.51 bits per heavy atom. The Hall–Kier alpha value is -3.86. The maximum absolute atomic E-state index is 12.9. The van der Waals surface area contributed by atoms with Crippen LogP contribution in [-0.4, -0.2) is 36.8 Å². The van der Waals surface area contributed by atoms with E-state index in [2.05, 4.69) is 4.99 Å². The highest BCUT2D eigenvalue weighted by atomic mass is 35.5. The lowest BCUT2D eigenvalue weighted by Crippen LogP contribution is -2.38. The highest BCUT2D eigenvalue weighted by Gasteiger charge is 2.36. The molecule has 0 bridgehead atoms. The fraction of sp³-hybridized carbons (Fsp3) is 0.107. The molecule has 0 aliphatic carbocycles. The van der Waals surface area contributed by atoms with Crippen LogP contribution in [0.4, 0.5) is 0 Å². The van der Waals surface area contributed by atoms with Gasteiger partial charge in [0.15, 0.2) is 10.9 Å². The second-order valence-electron chi connectivity index (χ2n) is 8.54. The zero-order valence-corrected chi connectivity index (χ0v) is 23.2. The molecule has 8 nitrogen and oxygen atoms in total. The number of aliphatic imine (C=N–C) groups is 1. The SMILES string of the molecule is CCOc1cc(/C=C2/C(=N)N3C(c4ccccc4)=CSC3=NC2=O)cc(Cl)c1OS(=O)(=O)c1ccc(C)cc1. The number of hydrogen-bond donors (Lipinski definition) is 1. The highest BCUT2D eigenvalue weighted by molar-refractivity contribution is 8.17. The number of carbonyl (C=O) groups is 1. The van der Waals surface area contributed by atoms with Crippen LogP contribution in [0.25, 0.3) is 11.8 Å². The van der Waals surface area contributed by atoms with Crippen molar-refractivity contribution in [2.45, 2.75) is 18.7 Å². The predicted octanol–water partition coefficient (Wildman–Crippen LogP) is 6.12. The van der Waals surface area contributed by atoms with Crippen molar-refractivity contribution in [3.8, 4) is 11.5 Å². The number of ether oxygens (including phenoxy) is 1. The molecule has 0 unspecified atom stereocenters. The summed E-state index contributed by atoms with van der Waals surface area (Å²) in [5.41, 5.74) is 2.97. The maximum atomic E-state index is 12.9. The number of rotatable bonds is 7. The van der Waals surface area contributed by atoms with Gasteiger partial charge in [-0.1, -0.05) is 71.4 Å². The molecule has 3 aromatic rings. The Balaban J connectivity index is 1.50. The average molecular weight is 580 g/mol. The third-order valence-electron chi connectivity index (χ3n) is 5.83. The van der Waals surface area contributed by atoms with Gasteiger partial charge in [-0.2, -0.15) is 13.4 Å². The van der Waals surface area contributed by atoms with E-state index in [0.717, 1.165) is 16.8 Å². The van der Waals surface area contributed by atoms with Gasteiger partial charge in [0, 0.05) is 5.41 Å². The number of thioether (sulfide) groups is 1. The van der Waals surface area contributed by atoms with E-state index in [9.17, 15) is 13.2 Å². The maximum Gasteiger partial charge on any atom is 0.339 e. The van der Waals surface area contributed by atoms with Crippen molar-refractivity contribution < 1.29 is 22.1 Å². The molecule has 0 spiro atoms. The summed E-state index contributed by atoms with van der Waals surface area (Å²) in [6.07, 6.45) is 1.48. The first-order chi connectivity index (χ1) is 18.7. The van der Waals surface area contributed by atoms with E-state index in [-0.39, 0.29) is 39.4 Å². The summed E-state index contributed by atoms with van der Waals surface area (Å²) < 4.78 is 36.9. The molecule has 1 amide bonds. The lowest BCUT2D eigenvalue weighted by atomic mass is 10.1. The topological polar surface area (TPSA) is 109 Å². The van der Waals surface area contributed by atoms with E-state index in [1.165, 1.54) is 42.1 Å². The molecule has 0 saturated carbocycles. The Kier molecular flexibility index (Phi) is 7.35. The van der Waals surface area contributed by atoms with Crippen molar-refractivity contribution >= 4 is 62.2 Å². The van der Waals surface area contributed by atoms with E-state index in [0.29, 0.717) is 10.7 Å². The number of carbonyl (C=O) groups excluding carboxylic acids is 1. The summed E-state index contributed by atoms with van der Waals surface area (Å²) in [7, 11) is -4.19.